The molecule has 0 aliphatic rings. The molecular formula is C29H33Cl2N3O4S. The highest BCUT2D eigenvalue weighted by atomic mass is 35.5. The van der Waals surface area contributed by atoms with Crippen molar-refractivity contribution in [1.82, 2.24) is 10.2 Å². The molecule has 0 aliphatic heterocycles. The number of carbonyl (C=O) groups is 2. The number of nitrogens with one attached hydrogen (secondary N) is 1. The van der Waals surface area contributed by atoms with E-state index in [-0.39, 0.29) is 23.0 Å². The number of aryl methyl sites for hydroxylation is 1. The molecule has 0 fully saturated rings. The SMILES string of the molecule is CCCCNC(=O)[C@H](C)N(Cc1ccc(Cl)cc1)C(=O)CN(c1cccc(Cl)c1)S(=O)(=O)c1ccc(C)cc1. The molecule has 208 valence electrons. The van der Waals surface area contributed by atoms with Gasteiger partial charge in [0.15, 0.2) is 0 Å². The number of amides is 2. The lowest BCUT2D eigenvalue weighted by molar-refractivity contribution is -0.139. The molecule has 0 aliphatic carbocycles. The smallest absolute Gasteiger partial charge is 0.264 e. The van der Waals surface area contributed by atoms with Crippen LogP contribution in [0.25, 0.3) is 0 Å². The number of nitrogens with zero attached hydrogens (tertiary/aromatic N) is 2. The fourth-order valence-corrected chi connectivity index (χ4v) is 5.62. The Morgan fingerprint density at radius 1 is 0.949 bits per heavy atom. The number of benzene rings is 3. The first-order chi connectivity index (χ1) is 18.5. The summed E-state index contributed by atoms with van der Waals surface area (Å²) in [5.74, 6) is -0.861. The third-order valence-corrected chi connectivity index (χ3v) is 8.52. The summed E-state index contributed by atoms with van der Waals surface area (Å²) in [5.41, 5.74) is 1.89. The molecule has 3 aromatic carbocycles. The largest absolute Gasteiger partial charge is 0.354 e. The third kappa shape index (κ3) is 8.21. The van der Waals surface area contributed by atoms with E-state index in [9.17, 15) is 18.0 Å². The van der Waals surface area contributed by atoms with E-state index >= 15 is 0 Å². The molecule has 0 radical (unpaired) electrons. The van der Waals surface area contributed by atoms with Crippen LogP contribution in [0.5, 0.6) is 0 Å². The number of carbonyl (C=O) groups excluding carboxylic acids is 2. The zero-order valence-corrected chi connectivity index (χ0v) is 24.6. The van der Waals surface area contributed by atoms with Gasteiger partial charge in [0.25, 0.3) is 10.0 Å². The molecule has 39 heavy (non-hydrogen) atoms. The van der Waals surface area contributed by atoms with Gasteiger partial charge in [-0.2, -0.15) is 0 Å². The summed E-state index contributed by atoms with van der Waals surface area (Å²) in [6.45, 7) is 5.55. The van der Waals surface area contributed by atoms with Gasteiger partial charge in [-0.15, -0.1) is 0 Å². The van der Waals surface area contributed by atoms with Crippen LogP contribution < -0.4 is 9.62 Å². The Hall–Kier alpha value is -3.07. The Morgan fingerprint density at radius 2 is 1.62 bits per heavy atom. The van der Waals surface area contributed by atoms with Gasteiger partial charge in [-0.1, -0.05) is 72.4 Å². The molecule has 1 N–H and O–H groups in total. The van der Waals surface area contributed by atoms with E-state index < -0.39 is 28.5 Å². The van der Waals surface area contributed by atoms with Gasteiger partial charge >= 0.3 is 0 Å². The second kappa shape index (κ2) is 13.8. The first kappa shape index (κ1) is 30.5. The van der Waals surface area contributed by atoms with Crippen LogP contribution in [0.1, 0.15) is 37.8 Å². The average Bonchev–Trinajstić information content (AvgIpc) is 2.91. The van der Waals surface area contributed by atoms with Crippen molar-refractivity contribution in [3.63, 3.8) is 0 Å². The van der Waals surface area contributed by atoms with Crippen molar-refractivity contribution < 1.29 is 18.0 Å². The van der Waals surface area contributed by atoms with Crippen molar-refractivity contribution in [2.45, 2.75) is 51.1 Å². The molecule has 10 heteroatoms. The standard InChI is InChI=1S/C29H33Cl2N3O4S/c1-4-5-17-32-29(36)22(3)33(19-23-11-13-24(30)14-12-23)28(35)20-34(26-8-6-7-25(31)18-26)39(37,38)27-15-9-21(2)10-16-27/h6-16,18,22H,4-5,17,19-20H2,1-3H3,(H,32,36)/t22-/m0/s1. The molecule has 0 bridgehead atoms. The second-order valence-corrected chi connectivity index (χ2v) is 12.0. The van der Waals surface area contributed by atoms with Gasteiger partial charge in [-0.3, -0.25) is 13.9 Å². The van der Waals surface area contributed by atoms with E-state index in [1.807, 2.05) is 13.8 Å². The normalized spacial score (nSPS) is 12.0. The monoisotopic (exact) mass is 589 g/mol. The molecule has 7 nitrogen and oxygen atoms in total. The van der Waals surface area contributed by atoms with Gasteiger partial charge in [-0.05, 0) is 68.3 Å². The minimum atomic E-state index is -4.15. The summed E-state index contributed by atoms with van der Waals surface area (Å²) in [7, 11) is -4.15. The summed E-state index contributed by atoms with van der Waals surface area (Å²) in [6, 6.07) is 18.8. The molecule has 0 saturated carbocycles. The van der Waals surface area contributed by atoms with Crippen LogP contribution >= 0.6 is 23.2 Å². The van der Waals surface area contributed by atoms with E-state index in [0.717, 1.165) is 28.3 Å². The maximum atomic E-state index is 13.9. The van der Waals surface area contributed by atoms with Gasteiger partial charge in [0.05, 0.1) is 10.6 Å². The van der Waals surface area contributed by atoms with E-state index in [0.29, 0.717) is 16.6 Å². The molecule has 3 rings (SSSR count). The molecule has 2 amide bonds. The lowest BCUT2D eigenvalue weighted by atomic mass is 10.1. The summed E-state index contributed by atoms with van der Waals surface area (Å²) in [4.78, 5) is 28.3. The van der Waals surface area contributed by atoms with Crippen molar-refractivity contribution >= 4 is 50.7 Å². The molecule has 0 spiro atoms. The number of hydrogen-bond donors (Lipinski definition) is 1. The Labute approximate surface area is 240 Å². The van der Waals surface area contributed by atoms with Crippen LogP contribution in [-0.4, -0.2) is 44.3 Å². The van der Waals surface area contributed by atoms with E-state index in [2.05, 4.69) is 5.32 Å². The zero-order chi connectivity index (χ0) is 28.6. The highest BCUT2D eigenvalue weighted by molar-refractivity contribution is 7.92. The lowest BCUT2D eigenvalue weighted by Crippen LogP contribution is -2.51. The lowest BCUT2D eigenvalue weighted by Gasteiger charge is -2.32. The van der Waals surface area contributed by atoms with Crippen molar-refractivity contribution in [2.24, 2.45) is 0 Å². The Morgan fingerprint density at radius 3 is 2.23 bits per heavy atom. The van der Waals surface area contributed by atoms with Crippen LogP contribution in [0.3, 0.4) is 0 Å². The van der Waals surface area contributed by atoms with Crippen molar-refractivity contribution in [3.05, 3.63) is 94.0 Å². The molecule has 0 unspecified atom stereocenters. The van der Waals surface area contributed by atoms with Gasteiger partial charge in [0.2, 0.25) is 11.8 Å². The van der Waals surface area contributed by atoms with Crippen LogP contribution in [0.2, 0.25) is 10.0 Å². The van der Waals surface area contributed by atoms with E-state index in [4.69, 9.17) is 23.2 Å². The van der Waals surface area contributed by atoms with Crippen LogP contribution in [0, 0.1) is 6.92 Å². The number of unbranched alkanes of at least 4 members (excludes halogenated alkanes) is 1. The molecule has 0 saturated heterocycles. The topological polar surface area (TPSA) is 86.8 Å². The minimum absolute atomic E-state index is 0.0375. The number of hydrogen-bond acceptors (Lipinski definition) is 4. The second-order valence-electron chi connectivity index (χ2n) is 9.27. The first-order valence-electron chi connectivity index (χ1n) is 12.7. The van der Waals surface area contributed by atoms with Gasteiger partial charge in [-0.25, -0.2) is 8.42 Å². The molecule has 0 aromatic heterocycles. The first-order valence-corrected chi connectivity index (χ1v) is 14.9. The molecule has 1 atom stereocenters. The van der Waals surface area contributed by atoms with Crippen molar-refractivity contribution in [2.75, 3.05) is 17.4 Å². The fraction of sp³-hybridized carbons (Fsp3) is 0.310. The van der Waals surface area contributed by atoms with E-state index in [1.165, 1.54) is 23.1 Å². The van der Waals surface area contributed by atoms with Gasteiger partial charge < -0.3 is 10.2 Å². The summed E-state index contributed by atoms with van der Waals surface area (Å²) >= 11 is 12.2. The average molecular weight is 591 g/mol. The fourth-order valence-electron chi connectivity index (χ4n) is 3.90. The minimum Gasteiger partial charge on any atom is -0.354 e. The van der Waals surface area contributed by atoms with Gasteiger partial charge in [0, 0.05) is 23.1 Å². The Bertz CT molecular complexity index is 1380. The predicted molar refractivity (Wildman–Crippen MR) is 157 cm³/mol. The maximum Gasteiger partial charge on any atom is 0.264 e. The highest BCUT2D eigenvalue weighted by Crippen LogP contribution is 2.27. The summed E-state index contributed by atoms with van der Waals surface area (Å²) in [6.07, 6.45) is 1.72. The highest BCUT2D eigenvalue weighted by Gasteiger charge is 2.32. The Balaban J connectivity index is 1.99. The van der Waals surface area contributed by atoms with Crippen LogP contribution in [0.15, 0.2) is 77.7 Å². The third-order valence-electron chi connectivity index (χ3n) is 6.25. The van der Waals surface area contributed by atoms with Crippen LogP contribution in [-0.2, 0) is 26.2 Å². The number of rotatable bonds is 12. The predicted octanol–water partition coefficient (Wildman–Crippen LogP) is 5.83. The quantitative estimate of drug-likeness (QED) is 0.269. The number of sulfonamides is 1. The maximum absolute atomic E-state index is 13.9. The number of halogens is 2. The summed E-state index contributed by atoms with van der Waals surface area (Å²) in [5, 5.41) is 3.73. The van der Waals surface area contributed by atoms with Crippen molar-refractivity contribution in [3.8, 4) is 0 Å². The van der Waals surface area contributed by atoms with Crippen molar-refractivity contribution in [1.29, 1.82) is 0 Å². The number of anilines is 1. The Kier molecular flexibility index (Phi) is 10.8. The van der Waals surface area contributed by atoms with Gasteiger partial charge in [0.1, 0.15) is 12.6 Å². The molecular weight excluding hydrogens is 557 g/mol. The summed E-state index contributed by atoms with van der Waals surface area (Å²) < 4.78 is 28.6. The molecule has 0 heterocycles. The van der Waals surface area contributed by atoms with Crippen LogP contribution in [0.4, 0.5) is 5.69 Å². The molecule has 3 aromatic rings. The zero-order valence-electron chi connectivity index (χ0n) is 22.2. The van der Waals surface area contributed by atoms with E-state index in [1.54, 1.807) is 61.5 Å².